The summed E-state index contributed by atoms with van der Waals surface area (Å²) in [5.41, 5.74) is 1.43. The Kier molecular flexibility index (Phi) is 8.81. The molecule has 0 saturated heterocycles. The number of carboxylic acids is 1. The minimum absolute atomic E-state index is 0.0141. The van der Waals surface area contributed by atoms with Gasteiger partial charge in [-0.3, -0.25) is 10.1 Å². The van der Waals surface area contributed by atoms with Gasteiger partial charge in [-0.25, -0.2) is 9.59 Å². The van der Waals surface area contributed by atoms with Gasteiger partial charge in [0.25, 0.3) is 0 Å². The number of carbonyl (C=O) groups is 3. The monoisotopic (exact) mass is 489 g/mol. The molecular formula is C23H24BrNO6. The summed E-state index contributed by atoms with van der Waals surface area (Å²) in [6.45, 7) is 3.31. The molecule has 2 aromatic rings. The summed E-state index contributed by atoms with van der Waals surface area (Å²) in [4.78, 5) is 34.6. The molecule has 0 radical (unpaired) electrons. The highest BCUT2D eigenvalue weighted by molar-refractivity contribution is 9.10. The Bertz CT molecular complexity index is 971. The van der Waals surface area contributed by atoms with Crippen LogP contribution in [0.4, 0.5) is 10.5 Å². The van der Waals surface area contributed by atoms with Crippen LogP contribution in [0, 0.1) is 5.92 Å². The molecule has 0 bridgehead atoms. The molecule has 31 heavy (non-hydrogen) atoms. The van der Waals surface area contributed by atoms with E-state index >= 15 is 0 Å². The number of allylic oxidation sites excluding steroid dienone is 1. The number of hydrogen-bond acceptors (Lipinski definition) is 5. The molecule has 2 aromatic carbocycles. The molecule has 0 aliphatic heterocycles. The summed E-state index contributed by atoms with van der Waals surface area (Å²) < 4.78 is 6.37. The molecule has 2 atom stereocenters. The molecular weight excluding hydrogens is 466 g/mol. The first-order valence-electron chi connectivity index (χ1n) is 9.64. The molecule has 0 aromatic heterocycles. The van der Waals surface area contributed by atoms with Crippen molar-refractivity contribution < 1.29 is 29.3 Å². The van der Waals surface area contributed by atoms with Crippen molar-refractivity contribution in [2.24, 2.45) is 5.92 Å². The van der Waals surface area contributed by atoms with Crippen molar-refractivity contribution in [2.75, 3.05) is 5.32 Å². The molecule has 0 unspecified atom stereocenters. The summed E-state index contributed by atoms with van der Waals surface area (Å²) in [6.07, 6.45) is 2.11. The summed E-state index contributed by atoms with van der Waals surface area (Å²) in [7, 11) is 0. The van der Waals surface area contributed by atoms with Crippen LogP contribution in [0.15, 0.2) is 59.1 Å². The Labute approximate surface area is 188 Å². The van der Waals surface area contributed by atoms with Crippen LogP contribution >= 0.6 is 15.9 Å². The number of nitrogens with one attached hydrogen (secondary N) is 1. The number of hydrogen-bond donors (Lipinski definition) is 3. The number of anilines is 1. The molecule has 0 aliphatic rings. The summed E-state index contributed by atoms with van der Waals surface area (Å²) in [5, 5.41) is 21.7. The average Bonchev–Trinajstić information content (AvgIpc) is 2.71. The molecule has 0 saturated carbocycles. The lowest BCUT2D eigenvalue weighted by Gasteiger charge is -2.25. The number of phenolic OH excluding ortho intramolecular Hbond substituents is 1. The maximum Gasteiger partial charge on any atom is 0.412 e. The van der Waals surface area contributed by atoms with Crippen LogP contribution < -0.4 is 5.32 Å². The van der Waals surface area contributed by atoms with Crippen LogP contribution in [0.1, 0.15) is 48.7 Å². The third-order valence-corrected chi connectivity index (χ3v) is 5.13. The number of benzene rings is 2. The van der Waals surface area contributed by atoms with Crippen molar-refractivity contribution in [1.29, 1.82) is 0 Å². The molecule has 1 amide bonds. The normalized spacial score (nSPS) is 12.9. The maximum absolute atomic E-state index is 12.5. The van der Waals surface area contributed by atoms with Crippen molar-refractivity contribution in [2.45, 2.75) is 32.8 Å². The van der Waals surface area contributed by atoms with E-state index in [4.69, 9.17) is 9.84 Å². The number of carboxylic acid groups (broad SMARTS) is 1. The second-order valence-electron chi connectivity index (χ2n) is 7.08. The Morgan fingerprint density at radius 1 is 1.16 bits per heavy atom. The smallest absolute Gasteiger partial charge is 0.412 e. The van der Waals surface area contributed by atoms with E-state index in [1.165, 1.54) is 19.1 Å². The zero-order valence-electron chi connectivity index (χ0n) is 17.2. The summed E-state index contributed by atoms with van der Waals surface area (Å²) in [6, 6.07) is 11.3. The van der Waals surface area contributed by atoms with Crippen molar-refractivity contribution in [3.8, 4) is 5.75 Å². The van der Waals surface area contributed by atoms with Crippen LogP contribution in [-0.4, -0.2) is 28.1 Å². The minimum Gasteiger partial charge on any atom is -0.508 e. The number of carbonyl (C=O) groups excluding carboxylic acids is 2. The zero-order chi connectivity index (χ0) is 23.0. The van der Waals surface area contributed by atoms with Gasteiger partial charge in [0.05, 0.1) is 0 Å². The lowest BCUT2D eigenvalue weighted by Crippen LogP contribution is -2.22. The largest absolute Gasteiger partial charge is 0.508 e. The third kappa shape index (κ3) is 7.57. The lowest BCUT2D eigenvalue weighted by molar-refractivity contribution is -0.131. The number of aliphatic carboxylic acids is 1. The number of rotatable bonds is 9. The van der Waals surface area contributed by atoms with E-state index in [1.54, 1.807) is 36.4 Å². The van der Waals surface area contributed by atoms with Gasteiger partial charge in [-0.05, 0) is 68.1 Å². The second kappa shape index (κ2) is 11.3. The van der Waals surface area contributed by atoms with Gasteiger partial charge in [0.1, 0.15) is 11.9 Å². The van der Waals surface area contributed by atoms with E-state index in [0.717, 1.165) is 6.08 Å². The first-order chi connectivity index (χ1) is 14.7. The van der Waals surface area contributed by atoms with Gasteiger partial charge >= 0.3 is 12.1 Å². The Balaban J connectivity index is 2.17. The van der Waals surface area contributed by atoms with Crippen molar-refractivity contribution in [3.63, 3.8) is 0 Å². The van der Waals surface area contributed by atoms with Gasteiger partial charge in [-0.1, -0.05) is 28.9 Å². The number of ketones is 1. The number of halogens is 1. The molecule has 3 N–H and O–H groups in total. The first kappa shape index (κ1) is 24.1. The first-order valence-corrected chi connectivity index (χ1v) is 10.4. The maximum atomic E-state index is 12.5. The topological polar surface area (TPSA) is 113 Å². The Morgan fingerprint density at radius 3 is 2.45 bits per heavy atom. The molecule has 8 heteroatoms. The van der Waals surface area contributed by atoms with Crippen LogP contribution in [0.5, 0.6) is 5.75 Å². The molecule has 164 valence electrons. The van der Waals surface area contributed by atoms with Crippen LogP contribution in [-0.2, 0) is 9.53 Å². The van der Waals surface area contributed by atoms with Crippen LogP contribution in [0.3, 0.4) is 0 Å². The molecule has 0 heterocycles. The van der Waals surface area contributed by atoms with Gasteiger partial charge in [0.2, 0.25) is 0 Å². The van der Waals surface area contributed by atoms with E-state index in [-0.39, 0.29) is 17.5 Å². The van der Waals surface area contributed by atoms with Gasteiger partial charge in [0, 0.05) is 27.4 Å². The highest BCUT2D eigenvalue weighted by Crippen LogP contribution is 2.36. The van der Waals surface area contributed by atoms with Gasteiger partial charge in [-0.15, -0.1) is 0 Å². The quantitative estimate of drug-likeness (QED) is 0.307. The van der Waals surface area contributed by atoms with Crippen molar-refractivity contribution in [1.82, 2.24) is 0 Å². The third-order valence-electron chi connectivity index (χ3n) is 4.63. The van der Waals surface area contributed by atoms with Crippen molar-refractivity contribution >= 4 is 39.5 Å². The summed E-state index contributed by atoms with van der Waals surface area (Å²) in [5.74, 6) is -1.34. The van der Waals surface area contributed by atoms with Crippen LogP contribution in [0.25, 0.3) is 0 Å². The average molecular weight is 490 g/mol. The van der Waals surface area contributed by atoms with E-state index in [0.29, 0.717) is 34.1 Å². The number of ether oxygens (including phenoxy) is 1. The predicted molar refractivity (Wildman–Crippen MR) is 120 cm³/mol. The fourth-order valence-corrected chi connectivity index (χ4v) is 3.36. The molecule has 0 spiro atoms. The SMILES string of the molecule is CC(=O)c1ccc(NC(=O)O[C@@H](c2cc(Br)ccc2O)[C@@H](C)CC/C=C/C(=O)O)cc1. The Morgan fingerprint density at radius 2 is 1.84 bits per heavy atom. The van der Waals surface area contributed by atoms with E-state index < -0.39 is 18.2 Å². The van der Waals surface area contributed by atoms with E-state index in [9.17, 15) is 19.5 Å². The van der Waals surface area contributed by atoms with E-state index in [2.05, 4.69) is 21.2 Å². The summed E-state index contributed by atoms with van der Waals surface area (Å²) >= 11 is 3.36. The number of amides is 1. The Hall–Kier alpha value is -3.13. The predicted octanol–water partition coefficient (Wildman–Crippen LogP) is 5.70. The number of phenols is 1. The van der Waals surface area contributed by atoms with Crippen LogP contribution in [0.2, 0.25) is 0 Å². The standard InChI is InChI=1S/C23H24BrNO6/c1-14(5-3-4-6-21(28)29)22(19-13-17(24)9-12-20(19)27)31-23(30)25-18-10-7-16(8-11-18)15(2)26/h4,6-14,22,27H,3,5H2,1-2H3,(H,25,30)(H,28,29)/b6-4+/t14-,22+/m0/s1. The molecule has 7 nitrogen and oxygen atoms in total. The number of Topliss-reactive ketones (excluding diaryl/α,β-unsaturated/α-hetero) is 1. The highest BCUT2D eigenvalue weighted by atomic mass is 79.9. The zero-order valence-corrected chi connectivity index (χ0v) is 18.8. The van der Waals surface area contributed by atoms with Crippen molar-refractivity contribution in [3.05, 3.63) is 70.2 Å². The fraction of sp³-hybridized carbons (Fsp3) is 0.261. The van der Waals surface area contributed by atoms with Gasteiger partial charge in [0.15, 0.2) is 5.78 Å². The van der Waals surface area contributed by atoms with Gasteiger partial charge in [-0.2, -0.15) is 0 Å². The van der Waals surface area contributed by atoms with Gasteiger partial charge < -0.3 is 14.9 Å². The number of aromatic hydroxyl groups is 1. The molecule has 2 rings (SSSR count). The highest BCUT2D eigenvalue weighted by Gasteiger charge is 2.26. The lowest BCUT2D eigenvalue weighted by atomic mass is 9.92. The second-order valence-corrected chi connectivity index (χ2v) is 8.00. The van der Waals surface area contributed by atoms with E-state index in [1.807, 2.05) is 6.92 Å². The molecule has 0 fully saturated rings. The fourth-order valence-electron chi connectivity index (χ4n) is 2.98. The minimum atomic E-state index is -1.03. The molecule has 0 aliphatic carbocycles.